The van der Waals surface area contributed by atoms with E-state index in [0.29, 0.717) is 46.9 Å². The van der Waals surface area contributed by atoms with Crippen LogP contribution in [0.5, 0.6) is 0 Å². The highest BCUT2D eigenvalue weighted by atomic mass is 32.1. The number of carbonyl (C=O) groups excluding carboxylic acids is 1. The summed E-state index contributed by atoms with van der Waals surface area (Å²) in [6, 6.07) is 17.0. The van der Waals surface area contributed by atoms with Gasteiger partial charge in [-0.25, -0.2) is 9.79 Å². The number of non-ortho nitro benzene ring substituents is 1. The Balaban J connectivity index is 1.60. The minimum Gasteiger partial charge on any atom is -0.463 e. The lowest BCUT2D eigenvalue weighted by Gasteiger charge is -2.30. The van der Waals surface area contributed by atoms with Crippen LogP contribution in [0.4, 0.5) is 11.4 Å². The standard InChI is InChI=1S/C30H26N4O6S2/c1-2-40-29(36)25-26(19-7-4-3-5-8-19)31-30-33(27(25)23-9-6-16-41-23)28(35)24(42-30)18-20-17-21(34(37)38)10-11-22(20)32-12-14-39-15-13-32/h3-11,16-18,27H,2,12-15H2,1H3/b24-18+. The number of carbonyl (C=O) groups is 1. The van der Waals surface area contributed by atoms with Crippen LogP contribution in [-0.2, 0) is 14.3 Å². The first-order valence-electron chi connectivity index (χ1n) is 13.4. The van der Waals surface area contributed by atoms with Crippen molar-refractivity contribution in [1.29, 1.82) is 0 Å². The molecule has 2 aromatic heterocycles. The van der Waals surface area contributed by atoms with Crippen LogP contribution in [0.1, 0.15) is 29.0 Å². The molecule has 0 N–H and O–H groups in total. The molecule has 12 heteroatoms. The highest BCUT2D eigenvalue weighted by molar-refractivity contribution is 7.10. The Morgan fingerprint density at radius 2 is 1.95 bits per heavy atom. The number of hydrogen-bond acceptors (Lipinski definition) is 10. The van der Waals surface area contributed by atoms with E-state index >= 15 is 0 Å². The lowest BCUT2D eigenvalue weighted by Crippen LogP contribution is -2.39. The Kier molecular flexibility index (Phi) is 7.83. The Morgan fingerprint density at radius 1 is 1.17 bits per heavy atom. The Bertz CT molecular complexity index is 1860. The van der Waals surface area contributed by atoms with Gasteiger partial charge < -0.3 is 14.4 Å². The SMILES string of the molecule is CCOC(=O)C1=C(c2ccccc2)N=c2s/c(=C/c3cc([N+](=O)[O-])ccc3N3CCOCC3)c(=O)n2C1c1cccs1. The van der Waals surface area contributed by atoms with Crippen molar-refractivity contribution in [2.75, 3.05) is 37.8 Å². The molecule has 2 aromatic carbocycles. The average molecular weight is 603 g/mol. The van der Waals surface area contributed by atoms with Gasteiger partial charge in [0.2, 0.25) is 0 Å². The zero-order valence-electron chi connectivity index (χ0n) is 22.6. The van der Waals surface area contributed by atoms with E-state index in [1.165, 1.54) is 39.4 Å². The van der Waals surface area contributed by atoms with Gasteiger partial charge in [-0.05, 0) is 30.5 Å². The zero-order chi connectivity index (χ0) is 29.2. The third-order valence-electron chi connectivity index (χ3n) is 7.05. The van der Waals surface area contributed by atoms with Gasteiger partial charge in [-0.3, -0.25) is 19.5 Å². The number of nitro groups is 1. The van der Waals surface area contributed by atoms with E-state index in [1.807, 2.05) is 47.8 Å². The van der Waals surface area contributed by atoms with Crippen molar-refractivity contribution < 1.29 is 19.2 Å². The summed E-state index contributed by atoms with van der Waals surface area (Å²) in [5, 5.41) is 13.5. The number of thiazole rings is 1. The van der Waals surface area contributed by atoms with E-state index in [2.05, 4.69) is 4.90 Å². The molecule has 0 bridgehead atoms. The monoisotopic (exact) mass is 602 g/mol. The van der Waals surface area contributed by atoms with Crippen LogP contribution < -0.4 is 19.8 Å². The quantitative estimate of drug-likeness (QED) is 0.180. The summed E-state index contributed by atoms with van der Waals surface area (Å²) in [4.78, 5) is 47.0. The van der Waals surface area contributed by atoms with E-state index in [0.717, 1.165) is 16.1 Å². The molecule has 4 aromatic rings. The summed E-state index contributed by atoms with van der Waals surface area (Å²) >= 11 is 2.62. The number of nitro benzene ring substituents is 1. The number of esters is 1. The van der Waals surface area contributed by atoms with Crippen LogP contribution in [0.3, 0.4) is 0 Å². The Morgan fingerprint density at radius 3 is 2.64 bits per heavy atom. The van der Waals surface area contributed by atoms with E-state index in [4.69, 9.17) is 14.5 Å². The van der Waals surface area contributed by atoms with Crippen LogP contribution in [-0.4, -0.2) is 48.4 Å². The fourth-order valence-corrected chi connectivity index (χ4v) is 6.98. The first-order chi connectivity index (χ1) is 20.5. The summed E-state index contributed by atoms with van der Waals surface area (Å²) in [6.45, 7) is 4.24. The number of rotatable bonds is 7. The second-order valence-electron chi connectivity index (χ2n) is 9.55. The van der Waals surface area contributed by atoms with Crippen molar-refractivity contribution in [3.05, 3.63) is 117 Å². The molecule has 4 heterocycles. The molecule has 0 amide bonds. The molecule has 10 nitrogen and oxygen atoms in total. The molecule has 214 valence electrons. The molecule has 6 rings (SSSR count). The van der Waals surface area contributed by atoms with Crippen LogP contribution >= 0.6 is 22.7 Å². The van der Waals surface area contributed by atoms with Crippen molar-refractivity contribution in [3.63, 3.8) is 0 Å². The highest BCUT2D eigenvalue weighted by Crippen LogP contribution is 2.37. The first kappa shape index (κ1) is 27.8. The number of hydrogen-bond donors (Lipinski definition) is 0. The highest BCUT2D eigenvalue weighted by Gasteiger charge is 2.35. The van der Waals surface area contributed by atoms with Gasteiger partial charge in [-0.1, -0.05) is 47.7 Å². The van der Waals surface area contributed by atoms with Crippen LogP contribution in [0.25, 0.3) is 11.8 Å². The van der Waals surface area contributed by atoms with Gasteiger partial charge in [0.1, 0.15) is 6.04 Å². The normalized spacial score (nSPS) is 17.1. The van der Waals surface area contributed by atoms with Crippen molar-refractivity contribution in [3.8, 4) is 0 Å². The predicted octanol–water partition coefficient (Wildman–Crippen LogP) is 3.74. The van der Waals surface area contributed by atoms with E-state index < -0.39 is 16.9 Å². The van der Waals surface area contributed by atoms with E-state index in [1.54, 1.807) is 19.1 Å². The smallest absolute Gasteiger partial charge is 0.338 e. The van der Waals surface area contributed by atoms with Crippen LogP contribution in [0, 0.1) is 10.1 Å². The maximum atomic E-state index is 14.1. The molecule has 42 heavy (non-hydrogen) atoms. The van der Waals surface area contributed by atoms with Crippen molar-refractivity contribution in [1.82, 2.24) is 4.57 Å². The third kappa shape index (κ3) is 5.20. The predicted molar refractivity (Wildman–Crippen MR) is 162 cm³/mol. The van der Waals surface area contributed by atoms with Crippen LogP contribution in [0.15, 0.2) is 81.4 Å². The number of ether oxygens (including phenoxy) is 2. The first-order valence-corrected chi connectivity index (χ1v) is 15.1. The van der Waals surface area contributed by atoms with Crippen LogP contribution in [0.2, 0.25) is 0 Å². The number of fused-ring (bicyclic) bond motifs is 1. The number of anilines is 1. The molecule has 1 unspecified atom stereocenters. The van der Waals surface area contributed by atoms with Gasteiger partial charge in [0.05, 0.1) is 40.5 Å². The zero-order valence-corrected chi connectivity index (χ0v) is 24.2. The molecule has 0 radical (unpaired) electrons. The lowest BCUT2D eigenvalue weighted by atomic mass is 9.97. The largest absolute Gasteiger partial charge is 0.463 e. The number of aromatic nitrogens is 1. The summed E-state index contributed by atoms with van der Waals surface area (Å²) < 4.78 is 12.9. The minimum absolute atomic E-state index is 0.0709. The molecular weight excluding hydrogens is 576 g/mol. The van der Waals surface area contributed by atoms with Gasteiger partial charge in [0.15, 0.2) is 4.80 Å². The summed E-state index contributed by atoms with van der Waals surface area (Å²) in [6.07, 6.45) is 1.68. The number of nitrogens with zero attached hydrogens (tertiary/aromatic N) is 4. The van der Waals surface area contributed by atoms with Crippen molar-refractivity contribution in [2.24, 2.45) is 4.99 Å². The average Bonchev–Trinajstić information content (AvgIpc) is 3.65. The van der Waals surface area contributed by atoms with Gasteiger partial charge in [-0.2, -0.15) is 0 Å². The van der Waals surface area contributed by atoms with Crippen molar-refractivity contribution >= 4 is 51.8 Å². The fourth-order valence-electron chi connectivity index (χ4n) is 5.16. The maximum Gasteiger partial charge on any atom is 0.338 e. The van der Waals surface area contributed by atoms with E-state index in [-0.39, 0.29) is 23.4 Å². The molecular formula is C30H26N4O6S2. The summed E-state index contributed by atoms with van der Waals surface area (Å²) in [5.74, 6) is -0.541. The fraction of sp³-hybridized carbons (Fsp3) is 0.233. The van der Waals surface area contributed by atoms with Gasteiger partial charge in [0.25, 0.3) is 11.2 Å². The lowest BCUT2D eigenvalue weighted by molar-refractivity contribution is -0.384. The van der Waals surface area contributed by atoms with Gasteiger partial charge in [-0.15, -0.1) is 11.3 Å². The summed E-state index contributed by atoms with van der Waals surface area (Å²) in [5.41, 5.74) is 2.38. The number of benzene rings is 2. The molecule has 0 spiro atoms. The molecule has 0 saturated carbocycles. The minimum atomic E-state index is -0.749. The van der Waals surface area contributed by atoms with Crippen molar-refractivity contribution in [2.45, 2.75) is 13.0 Å². The Hall–Kier alpha value is -4.39. The summed E-state index contributed by atoms with van der Waals surface area (Å²) in [7, 11) is 0. The topological polar surface area (TPSA) is 116 Å². The second-order valence-corrected chi connectivity index (χ2v) is 11.5. The molecule has 2 aliphatic heterocycles. The number of morpholine rings is 1. The molecule has 0 aliphatic carbocycles. The van der Waals surface area contributed by atoms with Gasteiger partial charge >= 0.3 is 5.97 Å². The van der Waals surface area contributed by atoms with E-state index in [9.17, 15) is 19.7 Å². The van der Waals surface area contributed by atoms with Gasteiger partial charge in [0, 0.05) is 46.9 Å². The number of thiophene rings is 1. The maximum absolute atomic E-state index is 14.1. The molecule has 2 aliphatic rings. The molecule has 1 atom stereocenters. The third-order valence-corrected chi connectivity index (χ3v) is 8.95. The molecule has 1 fully saturated rings. The molecule has 1 saturated heterocycles. The Labute approximate surface area is 248 Å². The second kappa shape index (κ2) is 11.8.